The van der Waals surface area contributed by atoms with Gasteiger partial charge >= 0.3 is 0 Å². The molecule has 0 spiro atoms. The summed E-state index contributed by atoms with van der Waals surface area (Å²) in [7, 11) is 2.07. The van der Waals surface area contributed by atoms with Crippen molar-refractivity contribution < 1.29 is 14.1 Å². The van der Waals surface area contributed by atoms with E-state index in [0.29, 0.717) is 31.9 Å². The first-order valence-electron chi connectivity index (χ1n) is 16.1. The zero-order valence-electron chi connectivity index (χ0n) is 26.4. The van der Waals surface area contributed by atoms with E-state index in [1.807, 2.05) is 42.5 Å². The highest BCUT2D eigenvalue weighted by molar-refractivity contribution is 5.29. The molecule has 1 aromatic heterocycles. The summed E-state index contributed by atoms with van der Waals surface area (Å²) in [5, 5.41) is 17.5. The van der Waals surface area contributed by atoms with Crippen LogP contribution in [-0.2, 0) is 6.54 Å². The highest BCUT2D eigenvalue weighted by Gasteiger charge is 2.16. The van der Waals surface area contributed by atoms with Crippen LogP contribution in [0.4, 0.5) is 4.39 Å². The maximum atomic E-state index is 13.5. The van der Waals surface area contributed by atoms with E-state index in [-0.39, 0.29) is 11.7 Å². The van der Waals surface area contributed by atoms with Crippen molar-refractivity contribution >= 4 is 0 Å². The first-order valence-corrected chi connectivity index (χ1v) is 16.1. The normalized spacial score (nSPS) is 14.7. The third-order valence-corrected chi connectivity index (χ3v) is 8.04. The van der Waals surface area contributed by atoms with Crippen LogP contribution in [0.15, 0.2) is 84.9 Å². The first-order chi connectivity index (χ1) is 22.0. The van der Waals surface area contributed by atoms with Crippen molar-refractivity contribution in [3.05, 3.63) is 118 Å². The van der Waals surface area contributed by atoms with Gasteiger partial charge in [-0.05, 0) is 113 Å². The lowest BCUT2D eigenvalue weighted by molar-refractivity contribution is -0.404. The topological polar surface area (TPSA) is 95.8 Å². The summed E-state index contributed by atoms with van der Waals surface area (Å²) in [6.45, 7) is 6.60. The van der Waals surface area contributed by atoms with Crippen LogP contribution in [0.5, 0.6) is 5.75 Å². The lowest BCUT2D eigenvalue weighted by Gasteiger charge is -2.26. The monoisotopic (exact) mass is 618 g/mol. The average Bonchev–Trinajstić information content (AvgIpc) is 3.04. The van der Waals surface area contributed by atoms with E-state index >= 15 is 0 Å². The first kappa shape index (κ1) is 33.9. The molecule has 1 aliphatic rings. The van der Waals surface area contributed by atoms with E-state index in [1.54, 1.807) is 6.20 Å². The van der Waals surface area contributed by atoms with Gasteiger partial charge in [-0.2, -0.15) is 0 Å². The number of rotatable bonds is 19. The van der Waals surface area contributed by atoms with E-state index in [9.17, 15) is 14.5 Å². The van der Waals surface area contributed by atoms with E-state index in [1.165, 1.54) is 37.0 Å². The largest absolute Gasteiger partial charge is 0.494 e. The van der Waals surface area contributed by atoms with Crippen molar-refractivity contribution in [2.75, 3.05) is 52.9 Å². The Morgan fingerprint density at radius 1 is 1.04 bits per heavy atom. The number of nitro groups is 1. The predicted molar refractivity (Wildman–Crippen MR) is 176 cm³/mol. The Labute approximate surface area is 266 Å². The van der Waals surface area contributed by atoms with Gasteiger partial charge in [-0.15, -0.1) is 0 Å². The molecule has 1 unspecified atom stereocenters. The summed E-state index contributed by atoms with van der Waals surface area (Å²) in [6.07, 6.45) is 9.00. The Morgan fingerprint density at radius 3 is 2.56 bits per heavy atom. The highest BCUT2D eigenvalue weighted by Crippen LogP contribution is 2.27. The molecule has 2 aromatic carbocycles. The number of hydrogen-bond donors (Lipinski definition) is 2. The van der Waals surface area contributed by atoms with Crippen LogP contribution < -0.4 is 15.4 Å². The molecule has 45 heavy (non-hydrogen) atoms. The van der Waals surface area contributed by atoms with Crippen LogP contribution in [0.1, 0.15) is 61.3 Å². The summed E-state index contributed by atoms with van der Waals surface area (Å²) in [5.74, 6) is 1.08. The molecule has 9 nitrogen and oxygen atoms in total. The Balaban J connectivity index is 1.14. The molecular formula is C35H47FN6O3. The summed E-state index contributed by atoms with van der Waals surface area (Å²) < 4.78 is 19.5. The minimum Gasteiger partial charge on any atom is -0.494 e. The molecule has 0 saturated carbocycles. The molecule has 242 valence electrons. The van der Waals surface area contributed by atoms with Crippen LogP contribution in [0.3, 0.4) is 0 Å². The van der Waals surface area contributed by atoms with Gasteiger partial charge in [0.1, 0.15) is 11.6 Å². The molecule has 2 N–H and O–H groups in total. The number of benzene rings is 2. The van der Waals surface area contributed by atoms with Crippen molar-refractivity contribution in [2.24, 2.45) is 0 Å². The van der Waals surface area contributed by atoms with Crippen molar-refractivity contribution in [1.82, 2.24) is 25.4 Å². The number of piperidine rings is 1. The van der Waals surface area contributed by atoms with Crippen molar-refractivity contribution in [3.8, 4) is 5.75 Å². The van der Waals surface area contributed by atoms with Crippen LogP contribution in [0, 0.1) is 15.9 Å². The standard InChI is InChI=1S/C35H47FN6O3/c1-40(24-17-33(34-12-3-4-18-37-34)30-13-15-31(36)16-14-30)21-8-19-38-35(28-42(43)44)39-20-9-25-45-32-11-7-10-29(26-32)27-41-22-5-2-6-23-41/h3-4,7,10-16,18,26,28,33,38-39H,2,5-6,8-9,17,19-25,27H2,1H3. The number of likely N-dealkylation sites (tertiary alicyclic amines) is 1. The molecule has 1 aliphatic heterocycles. The lowest BCUT2D eigenvalue weighted by atomic mass is 9.91. The van der Waals surface area contributed by atoms with E-state index < -0.39 is 4.92 Å². The Bertz CT molecular complexity index is 1320. The molecule has 2 heterocycles. The zero-order valence-corrected chi connectivity index (χ0v) is 26.4. The lowest BCUT2D eigenvalue weighted by Crippen LogP contribution is -2.31. The third kappa shape index (κ3) is 12.5. The number of nitrogens with zero attached hydrogens (tertiary/aromatic N) is 4. The van der Waals surface area contributed by atoms with E-state index in [2.05, 4.69) is 44.6 Å². The second kappa shape index (κ2) is 18.7. The minimum atomic E-state index is -0.445. The number of hydrogen-bond acceptors (Lipinski definition) is 8. The molecule has 10 heteroatoms. The number of ether oxygens (including phenoxy) is 1. The quantitative estimate of drug-likeness (QED) is 0.0993. The summed E-state index contributed by atoms with van der Waals surface area (Å²) in [6, 6.07) is 20.8. The van der Waals surface area contributed by atoms with Gasteiger partial charge in [-0.1, -0.05) is 36.8 Å². The molecule has 3 aromatic rings. The fourth-order valence-electron chi connectivity index (χ4n) is 5.65. The van der Waals surface area contributed by atoms with Gasteiger partial charge in [0, 0.05) is 37.4 Å². The summed E-state index contributed by atoms with van der Waals surface area (Å²) in [5.41, 5.74) is 3.27. The maximum absolute atomic E-state index is 13.5. The highest BCUT2D eigenvalue weighted by atomic mass is 19.1. The smallest absolute Gasteiger partial charge is 0.274 e. The van der Waals surface area contributed by atoms with Gasteiger partial charge in [-0.25, -0.2) is 4.39 Å². The second-order valence-corrected chi connectivity index (χ2v) is 11.7. The van der Waals surface area contributed by atoms with Crippen LogP contribution in [-0.4, -0.2) is 72.6 Å². The van der Waals surface area contributed by atoms with Gasteiger partial charge < -0.3 is 20.3 Å². The van der Waals surface area contributed by atoms with Gasteiger partial charge in [-0.3, -0.25) is 20.0 Å². The molecule has 0 amide bonds. The van der Waals surface area contributed by atoms with Crippen molar-refractivity contribution in [3.63, 3.8) is 0 Å². The molecule has 1 fully saturated rings. The predicted octanol–water partition coefficient (Wildman–Crippen LogP) is 5.77. The SMILES string of the molecule is CN(CCCNC(=C[N+](=O)[O-])NCCCOc1cccc(CN2CCCCC2)c1)CCC(c1ccc(F)cc1)c1ccccn1. The van der Waals surface area contributed by atoms with Gasteiger partial charge in [0.05, 0.1) is 11.5 Å². The summed E-state index contributed by atoms with van der Waals surface area (Å²) in [4.78, 5) is 20.0. The Kier molecular flexibility index (Phi) is 14.1. The number of halogens is 1. The molecular weight excluding hydrogens is 571 g/mol. The maximum Gasteiger partial charge on any atom is 0.274 e. The van der Waals surface area contributed by atoms with Gasteiger partial charge in [0.25, 0.3) is 6.20 Å². The zero-order chi connectivity index (χ0) is 31.7. The number of nitrogens with one attached hydrogen (secondary N) is 2. The summed E-state index contributed by atoms with van der Waals surface area (Å²) >= 11 is 0. The van der Waals surface area contributed by atoms with Crippen molar-refractivity contribution in [2.45, 2.75) is 51.0 Å². The van der Waals surface area contributed by atoms with Gasteiger partial charge in [0.2, 0.25) is 0 Å². The third-order valence-electron chi connectivity index (χ3n) is 8.04. The number of aromatic nitrogens is 1. The fraction of sp³-hybridized carbons (Fsp3) is 0.457. The van der Waals surface area contributed by atoms with Crippen molar-refractivity contribution in [1.29, 1.82) is 0 Å². The minimum absolute atomic E-state index is 0.0682. The molecule has 0 aliphatic carbocycles. The van der Waals surface area contributed by atoms with Crippen LogP contribution in [0.2, 0.25) is 0 Å². The van der Waals surface area contributed by atoms with Crippen LogP contribution >= 0.6 is 0 Å². The molecule has 1 atom stereocenters. The Morgan fingerprint density at radius 2 is 1.82 bits per heavy atom. The molecule has 1 saturated heterocycles. The molecule has 0 radical (unpaired) electrons. The van der Waals surface area contributed by atoms with Gasteiger partial charge in [0.15, 0.2) is 5.82 Å². The molecule has 4 rings (SSSR count). The number of pyridine rings is 1. The van der Waals surface area contributed by atoms with Crippen LogP contribution in [0.25, 0.3) is 0 Å². The molecule has 0 bridgehead atoms. The fourth-order valence-corrected chi connectivity index (χ4v) is 5.65. The second-order valence-electron chi connectivity index (χ2n) is 11.7. The van der Waals surface area contributed by atoms with E-state index in [4.69, 9.17) is 4.74 Å². The Hall–Kier alpha value is -4.02. The average molecular weight is 619 g/mol. The van der Waals surface area contributed by atoms with E-state index in [0.717, 1.165) is 68.8 Å².